The van der Waals surface area contributed by atoms with E-state index in [4.69, 9.17) is 4.98 Å². The van der Waals surface area contributed by atoms with Gasteiger partial charge in [0, 0.05) is 36.5 Å². The molecule has 0 aliphatic heterocycles. The quantitative estimate of drug-likeness (QED) is 0.302. The van der Waals surface area contributed by atoms with Crippen molar-refractivity contribution in [1.82, 2.24) is 24.8 Å². The molecule has 3 aromatic heterocycles. The number of aryl methyl sites for hydroxylation is 1. The molecule has 0 bridgehead atoms. The lowest BCUT2D eigenvalue weighted by atomic mass is 10.1. The number of benzene rings is 2. The number of nitrogens with zero attached hydrogens (tertiary/aromatic N) is 4. The number of aromatic nitrogens is 4. The van der Waals surface area contributed by atoms with Crippen LogP contribution in [0.3, 0.4) is 0 Å². The third kappa shape index (κ3) is 5.58. The monoisotopic (exact) mass is 479 g/mol. The molecule has 3 heterocycles. The minimum absolute atomic E-state index is 0.0981. The average molecular weight is 480 g/mol. The summed E-state index contributed by atoms with van der Waals surface area (Å²) in [6.45, 7) is 3.27. The normalized spacial score (nSPS) is 11.0. The number of thioether (sulfide) groups is 1. The minimum atomic E-state index is -0.0981. The lowest BCUT2D eigenvalue weighted by Crippen LogP contribution is -2.22. The largest absolute Gasteiger partial charge is 0.348 e. The number of fused-ring (bicyclic) bond motifs is 1. The number of hydrogen-bond acceptors (Lipinski definition) is 5. The highest BCUT2D eigenvalue weighted by atomic mass is 32.2. The van der Waals surface area contributed by atoms with Crippen LogP contribution in [0.4, 0.5) is 0 Å². The van der Waals surface area contributed by atoms with Gasteiger partial charge in [-0.05, 0) is 53.9 Å². The highest BCUT2D eigenvalue weighted by Crippen LogP contribution is 2.27. The lowest BCUT2D eigenvalue weighted by Gasteiger charge is -2.10. The first-order chi connectivity index (χ1) is 17.2. The Balaban J connectivity index is 1.27. The summed E-state index contributed by atoms with van der Waals surface area (Å²) in [4.78, 5) is 26.0. The van der Waals surface area contributed by atoms with E-state index in [0.29, 0.717) is 18.7 Å². The number of amides is 1. The molecule has 0 spiro atoms. The molecule has 0 aliphatic carbocycles. The van der Waals surface area contributed by atoms with Crippen molar-refractivity contribution in [1.29, 1.82) is 0 Å². The molecule has 0 saturated heterocycles. The van der Waals surface area contributed by atoms with E-state index in [1.807, 2.05) is 54.7 Å². The van der Waals surface area contributed by atoms with E-state index in [0.717, 1.165) is 33.2 Å². The van der Waals surface area contributed by atoms with Crippen LogP contribution in [0, 0.1) is 6.92 Å². The Bertz CT molecular complexity index is 1450. The fourth-order valence-electron chi connectivity index (χ4n) is 3.87. The van der Waals surface area contributed by atoms with Gasteiger partial charge in [-0.1, -0.05) is 59.8 Å². The SMILES string of the molecule is Cc1cccc(Cn2c(SCc3ccc(C(=O)NCc4cccnc4)cc3)nc3cccnc32)c1. The van der Waals surface area contributed by atoms with Gasteiger partial charge >= 0.3 is 0 Å². The van der Waals surface area contributed by atoms with Crippen LogP contribution in [0.5, 0.6) is 0 Å². The van der Waals surface area contributed by atoms with Gasteiger partial charge in [0.05, 0.1) is 6.54 Å². The first-order valence-corrected chi connectivity index (χ1v) is 12.4. The molecule has 0 fully saturated rings. The molecule has 0 atom stereocenters. The summed E-state index contributed by atoms with van der Waals surface area (Å²) in [5, 5.41) is 3.87. The summed E-state index contributed by atoms with van der Waals surface area (Å²) < 4.78 is 2.18. The fourth-order valence-corrected chi connectivity index (χ4v) is 4.83. The molecule has 1 amide bonds. The van der Waals surface area contributed by atoms with Gasteiger partial charge in [0.15, 0.2) is 10.8 Å². The van der Waals surface area contributed by atoms with Crippen LogP contribution in [0.25, 0.3) is 11.2 Å². The average Bonchev–Trinajstić information content (AvgIpc) is 3.24. The van der Waals surface area contributed by atoms with Gasteiger partial charge in [0.25, 0.3) is 5.91 Å². The maximum atomic E-state index is 12.5. The number of carbonyl (C=O) groups excluding carboxylic acids is 1. The number of carbonyl (C=O) groups is 1. The highest BCUT2D eigenvalue weighted by Gasteiger charge is 2.13. The molecular weight excluding hydrogens is 454 g/mol. The molecule has 7 heteroatoms. The molecular formula is C28H25N5OS. The maximum Gasteiger partial charge on any atom is 0.251 e. The van der Waals surface area contributed by atoms with Crippen molar-refractivity contribution < 1.29 is 4.79 Å². The molecule has 6 nitrogen and oxygen atoms in total. The highest BCUT2D eigenvalue weighted by molar-refractivity contribution is 7.98. The topological polar surface area (TPSA) is 72.7 Å². The van der Waals surface area contributed by atoms with Crippen LogP contribution in [0.1, 0.15) is 32.6 Å². The Kier molecular flexibility index (Phi) is 6.86. The second kappa shape index (κ2) is 10.5. The Hall–Kier alpha value is -3.97. The Morgan fingerprint density at radius 3 is 2.57 bits per heavy atom. The summed E-state index contributed by atoms with van der Waals surface area (Å²) in [6, 6.07) is 24.0. The predicted octanol–water partition coefficient (Wildman–Crippen LogP) is 5.41. The van der Waals surface area contributed by atoms with Gasteiger partial charge in [-0.2, -0.15) is 0 Å². The summed E-state index contributed by atoms with van der Waals surface area (Å²) in [6.07, 6.45) is 5.28. The summed E-state index contributed by atoms with van der Waals surface area (Å²) in [5.41, 5.74) is 6.97. The van der Waals surface area contributed by atoms with Crippen LogP contribution in [-0.2, 0) is 18.8 Å². The maximum absolute atomic E-state index is 12.5. The zero-order chi connectivity index (χ0) is 24.0. The van der Waals surface area contributed by atoms with Crippen molar-refractivity contribution >= 4 is 28.8 Å². The van der Waals surface area contributed by atoms with E-state index in [1.165, 1.54) is 11.1 Å². The van der Waals surface area contributed by atoms with E-state index < -0.39 is 0 Å². The molecule has 0 aliphatic rings. The van der Waals surface area contributed by atoms with Gasteiger partial charge in [0.1, 0.15) is 5.52 Å². The zero-order valence-electron chi connectivity index (χ0n) is 19.4. The minimum Gasteiger partial charge on any atom is -0.348 e. The van der Waals surface area contributed by atoms with Crippen LogP contribution in [-0.4, -0.2) is 25.4 Å². The second-order valence-corrected chi connectivity index (χ2v) is 9.29. The van der Waals surface area contributed by atoms with E-state index in [2.05, 4.69) is 51.0 Å². The molecule has 35 heavy (non-hydrogen) atoms. The molecule has 0 unspecified atom stereocenters. The molecule has 0 saturated carbocycles. The molecule has 174 valence electrons. The summed E-state index contributed by atoms with van der Waals surface area (Å²) in [5.74, 6) is 0.647. The Labute approximate surface area is 208 Å². The van der Waals surface area contributed by atoms with E-state index >= 15 is 0 Å². The molecule has 0 radical (unpaired) electrons. The third-order valence-corrected chi connectivity index (χ3v) is 6.70. The number of rotatable bonds is 8. The first-order valence-electron chi connectivity index (χ1n) is 11.4. The van der Waals surface area contributed by atoms with Gasteiger partial charge in [-0.3, -0.25) is 14.3 Å². The molecule has 5 rings (SSSR count). The number of pyridine rings is 2. The molecule has 2 aromatic carbocycles. The van der Waals surface area contributed by atoms with Crippen LogP contribution in [0.2, 0.25) is 0 Å². The van der Waals surface area contributed by atoms with Crippen LogP contribution < -0.4 is 5.32 Å². The third-order valence-electron chi connectivity index (χ3n) is 5.65. The molecule has 5 aromatic rings. The van der Waals surface area contributed by atoms with Crippen molar-refractivity contribution in [3.8, 4) is 0 Å². The number of nitrogens with one attached hydrogen (secondary N) is 1. The van der Waals surface area contributed by atoms with Gasteiger partial charge in [-0.15, -0.1) is 0 Å². The summed E-state index contributed by atoms with van der Waals surface area (Å²) in [7, 11) is 0. The predicted molar refractivity (Wildman–Crippen MR) is 139 cm³/mol. The lowest BCUT2D eigenvalue weighted by molar-refractivity contribution is 0.0951. The Morgan fingerprint density at radius 2 is 1.77 bits per heavy atom. The summed E-state index contributed by atoms with van der Waals surface area (Å²) >= 11 is 1.68. The van der Waals surface area contributed by atoms with E-state index in [-0.39, 0.29) is 5.91 Å². The Morgan fingerprint density at radius 1 is 0.943 bits per heavy atom. The van der Waals surface area contributed by atoms with Crippen LogP contribution in [0.15, 0.2) is 96.5 Å². The van der Waals surface area contributed by atoms with Crippen molar-refractivity contribution in [2.75, 3.05) is 0 Å². The van der Waals surface area contributed by atoms with Gasteiger partial charge in [-0.25, -0.2) is 9.97 Å². The molecule has 1 N–H and O–H groups in total. The van der Waals surface area contributed by atoms with Crippen molar-refractivity contribution in [3.05, 3.63) is 119 Å². The number of imidazole rings is 1. The van der Waals surface area contributed by atoms with E-state index in [1.54, 1.807) is 24.2 Å². The van der Waals surface area contributed by atoms with Crippen molar-refractivity contribution in [2.24, 2.45) is 0 Å². The number of hydrogen-bond donors (Lipinski definition) is 1. The van der Waals surface area contributed by atoms with E-state index in [9.17, 15) is 4.79 Å². The zero-order valence-corrected chi connectivity index (χ0v) is 20.2. The van der Waals surface area contributed by atoms with Crippen molar-refractivity contribution in [3.63, 3.8) is 0 Å². The smallest absolute Gasteiger partial charge is 0.251 e. The fraction of sp³-hybridized carbons (Fsp3) is 0.143. The van der Waals surface area contributed by atoms with Gasteiger partial charge < -0.3 is 5.32 Å². The van der Waals surface area contributed by atoms with Crippen LogP contribution >= 0.6 is 11.8 Å². The standard InChI is InChI=1S/C28H25N5OS/c1-20-5-2-6-22(15-20)18-33-26-25(8-4-14-30-26)32-28(33)35-19-21-9-11-24(12-10-21)27(34)31-17-23-7-3-13-29-16-23/h2-16H,17-19H2,1H3,(H,31,34). The second-order valence-electron chi connectivity index (χ2n) is 8.35. The first kappa shape index (κ1) is 22.8. The van der Waals surface area contributed by atoms with Gasteiger partial charge in [0.2, 0.25) is 0 Å². The van der Waals surface area contributed by atoms with Crippen molar-refractivity contribution in [2.45, 2.75) is 30.9 Å².